The molecule has 2 rings (SSSR count). The van der Waals surface area contributed by atoms with E-state index in [1.54, 1.807) is 29.9 Å². The Morgan fingerprint density at radius 1 is 1.35 bits per heavy atom. The van der Waals surface area contributed by atoms with Crippen LogP contribution in [-0.4, -0.2) is 17.5 Å². The summed E-state index contributed by atoms with van der Waals surface area (Å²) in [6.45, 7) is 4.26. The van der Waals surface area contributed by atoms with Crippen LogP contribution in [0.25, 0.3) is 10.9 Å². The molecule has 0 aliphatic rings. The first-order chi connectivity index (χ1) is 8.20. The van der Waals surface area contributed by atoms with Crippen LogP contribution in [0.15, 0.2) is 30.5 Å². The number of hydrogen-bond acceptors (Lipinski definition) is 1. The second-order valence-electron chi connectivity index (χ2n) is 3.32. The van der Waals surface area contributed by atoms with Gasteiger partial charge in [-0.15, -0.1) is 0 Å². The molecule has 17 heavy (non-hydrogen) atoms. The average molecular weight is 236 g/mol. The highest BCUT2D eigenvalue weighted by Crippen LogP contribution is 2.16. The van der Waals surface area contributed by atoms with Gasteiger partial charge < -0.3 is 9.88 Å². The molecule has 0 spiro atoms. The van der Waals surface area contributed by atoms with E-state index in [2.05, 4.69) is 5.32 Å². The molecule has 1 aromatic carbocycles. The normalized spacial score (nSPS) is 9.65. The molecule has 0 aliphatic heterocycles. The number of carbonyl (C=O) groups excluding carboxylic acids is 1. The van der Waals surface area contributed by atoms with E-state index in [0.29, 0.717) is 0 Å². The quantitative estimate of drug-likeness (QED) is 0.854. The first kappa shape index (κ1) is 13.2. The Bertz CT molecular complexity index is 505. The second kappa shape index (κ2) is 6.03. The Kier molecular flexibility index (Phi) is 4.69. The molecule has 1 N–H and O–H groups in total. The van der Waals surface area contributed by atoms with E-state index in [4.69, 9.17) is 0 Å². The van der Waals surface area contributed by atoms with E-state index < -0.39 is 0 Å². The number of rotatable bonds is 2. The van der Waals surface area contributed by atoms with Gasteiger partial charge in [-0.25, -0.2) is 4.39 Å². The molecular weight excluding hydrogens is 219 g/mol. The summed E-state index contributed by atoms with van der Waals surface area (Å²) in [7, 11) is 1.59. The molecular formula is C13H17FN2O. The molecule has 1 heterocycles. The Hall–Kier alpha value is -1.84. The van der Waals surface area contributed by atoms with Crippen LogP contribution < -0.4 is 5.32 Å². The predicted octanol–water partition coefficient (Wildman–Crippen LogP) is 2.55. The van der Waals surface area contributed by atoms with Crippen molar-refractivity contribution in [3.05, 3.63) is 36.3 Å². The molecule has 0 saturated heterocycles. The van der Waals surface area contributed by atoms with Crippen molar-refractivity contribution in [1.29, 1.82) is 0 Å². The van der Waals surface area contributed by atoms with Crippen molar-refractivity contribution in [3.63, 3.8) is 0 Å². The minimum absolute atomic E-state index is 0.0724. The van der Waals surface area contributed by atoms with Crippen LogP contribution in [-0.2, 0) is 11.3 Å². The van der Waals surface area contributed by atoms with Crippen molar-refractivity contribution < 1.29 is 9.18 Å². The lowest BCUT2D eigenvalue weighted by atomic mass is 10.2. The maximum absolute atomic E-state index is 12.9. The lowest BCUT2D eigenvalue weighted by Crippen LogP contribution is -2.22. The van der Waals surface area contributed by atoms with Crippen molar-refractivity contribution in [3.8, 4) is 0 Å². The van der Waals surface area contributed by atoms with E-state index in [1.807, 2.05) is 13.8 Å². The molecule has 0 bridgehead atoms. The predicted molar refractivity (Wildman–Crippen MR) is 67.3 cm³/mol. The zero-order chi connectivity index (χ0) is 12.8. The van der Waals surface area contributed by atoms with E-state index in [9.17, 15) is 9.18 Å². The fraction of sp³-hybridized carbons (Fsp3) is 0.308. The molecule has 1 amide bonds. The van der Waals surface area contributed by atoms with Crippen LogP contribution >= 0.6 is 0 Å². The fourth-order valence-corrected chi connectivity index (χ4v) is 1.54. The van der Waals surface area contributed by atoms with Crippen LogP contribution in [0.1, 0.15) is 13.8 Å². The summed E-state index contributed by atoms with van der Waals surface area (Å²) in [5.74, 6) is -0.336. The summed E-state index contributed by atoms with van der Waals surface area (Å²) in [4.78, 5) is 11.2. The lowest BCUT2D eigenvalue weighted by Gasteiger charge is -2.03. The largest absolute Gasteiger partial charge is 0.358 e. The smallest absolute Gasteiger partial charge is 0.239 e. The zero-order valence-electron chi connectivity index (χ0n) is 10.3. The number of carbonyl (C=O) groups is 1. The summed E-state index contributed by atoms with van der Waals surface area (Å²) in [6, 6.07) is 6.31. The topological polar surface area (TPSA) is 34.0 Å². The number of halogens is 1. The Balaban J connectivity index is 0.000000686. The maximum Gasteiger partial charge on any atom is 0.239 e. The lowest BCUT2D eigenvalue weighted by molar-refractivity contribution is -0.121. The Morgan fingerprint density at radius 3 is 2.71 bits per heavy atom. The van der Waals surface area contributed by atoms with Gasteiger partial charge in [0.25, 0.3) is 0 Å². The molecule has 0 radical (unpaired) electrons. The second-order valence-corrected chi connectivity index (χ2v) is 3.32. The number of nitrogens with one attached hydrogen (secondary N) is 1. The van der Waals surface area contributed by atoms with Crippen LogP contribution in [0.3, 0.4) is 0 Å². The van der Waals surface area contributed by atoms with Gasteiger partial charge in [0, 0.05) is 24.1 Å². The first-order valence-electron chi connectivity index (χ1n) is 5.65. The molecule has 3 nitrogen and oxygen atoms in total. The van der Waals surface area contributed by atoms with E-state index in [0.717, 1.165) is 10.9 Å². The average Bonchev–Trinajstić information content (AvgIpc) is 2.74. The summed E-state index contributed by atoms with van der Waals surface area (Å²) < 4.78 is 14.7. The minimum Gasteiger partial charge on any atom is -0.358 e. The number of benzene rings is 1. The van der Waals surface area contributed by atoms with Gasteiger partial charge >= 0.3 is 0 Å². The van der Waals surface area contributed by atoms with Crippen LogP contribution in [0.2, 0.25) is 0 Å². The highest BCUT2D eigenvalue weighted by molar-refractivity contribution is 5.83. The van der Waals surface area contributed by atoms with Gasteiger partial charge in [-0.05, 0) is 24.3 Å². The van der Waals surface area contributed by atoms with Crippen molar-refractivity contribution >= 4 is 16.8 Å². The van der Waals surface area contributed by atoms with Crippen molar-refractivity contribution in [2.45, 2.75) is 20.4 Å². The molecule has 0 fully saturated rings. The molecule has 4 heteroatoms. The van der Waals surface area contributed by atoms with Crippen LogP contribution in [0.4, 0.5) is 4.39 Å². The standard InChI is InChI=1S/C11H11FN2O.C2H6/c1-13-11(15)7-14-5-4-8-6-9(12)2-3-10(8)14;1-2/h2-6H,7H2,1H3,(H,13,15);1-2H3. The minimum atomic E-state index is -0.264. The van der Waals surface area contributed by atoms with Crippen LogP contribution in [0.5, 0.6) is 0 Å². The summed E-state index contributed by atoms with van der Waals surface area (Å²) in [5.41, 5.74) is 0.861. The SMILES string of the molecule is CC.CNC(=O)Cn1ccc2cc(F)ccc21. The third kappa shape index (κ3) is 3.06. The maximum atomic E-state index is 12.9. The van der Waals surface area contributed by atoms with Gasteiger partial charge in [0.1, 0.15) is 12.4 Å². The number of amides is 1. The summed E-state index contributed by atoms with van der Waals surface area (Å²) in [6.07, 6.45) is 1.78. The molecule has 0 atom stereocenters. The summed E-state index contributed by atoms with van der Waals surface area (Å²) >= 11 is 0. The highest BCUT2D eigenvalue weighted by Gasteiger charge is 2.04. The van der Waals surface area contributed by atoms with E-state index >= 15 is 0 Å². The number of fused-ring (bicyclic) bond motifs is 1. The molecule has 0 saturated carbocycles. The van der Waals surface area contributed by atoms with E-state index in [1.165, 1.54) is 12.1 Å². The third-order valence-corrected chi connectivity index (χ3v) is 2.33. The zero-order valence-corrected chi connectivity index (χ0v) is 10.3. The fourth-order valence-electron chi connectivity index (χ4n) is 1.54. The van der Waals surface area contributed by atoms with Crippen LogP contribution in [0, 0.1) is 5.82 Å². The van der Waals surface area contributed by atoms with Gasteiger partial charge in [-0.1, -0.05) is 13.8 Å². The van der Waals surface area contributed by atoms with Gasteiger partial charge in [0.05, 0.1) is 0 Å². The highest BCUT2D eigenvalue weighted by atomic mass is 19.1. The first-order valence-corrected chi connectivity index (χ1v) is 5.65. The van der Waals surface area contributed by atoms with Gasteiger partial charge in [-0.2, -0.15) is 0 Å². The molecule has 2 aromatic rings. The molecule has 0 aliphatic carbocycles. The molecule has 92 valence electrons. The Morgan fingerprint density at radius 2 is 2.06 bits per heavy atom. The van der Waals surface area contributed by atoms with Crippen molar-refractivity contribution in [2.24, 2.45) is 0 Å². The van der Waals surface area contributed by atoms with Crippen molar-refractivity contribution in [2.75, 3.05) is 7.05 Å². The van der Waals surface area contributed by atoms with Crippen molar-refractivity contribution in [1.82, 2.24) is 9.88 Å². The van der Waals surface area contributed by atoms with Gasteiger partial charge in [-0.3, -0.25) is 4.79 Å². The number of nitrogens with zero attached hydrogens (tertiary/aromatic N) is 1. The monoisotopic (exact) mass is 236 g/mol. The number of aromatic nitrogens is 1. The van der Waals surface area contributed by atoms with E-state index in [-0.39, 0.29) is 18.3 Å². The Labute approximate surface area is 100 Å². The summed E-state index contributed by atoms with van der Waals surface area (Å²) in [5, 5.41) is 3.35. The number of hydrogen-bond donors (Lipinski definition) is 1. The third-order valence-electron chi connectivity index (χ3n) is 2.33. The van der Waals surface area contributed by atoms with Gasteiger partial charge in [0.2, 0.25) is 5.91 Å². The number of likely N-dealkylation sites (N-methyl/N-ethyl adjacent to an activating group) is 1. The molecule has 1 aromatic heterocycles. The van der Waals surface area contributed by atoms with Gasteiger partial charge in [0.15, 0.2) is 0 Å². The molecule has 0 unspecified atom stereocenters.